The van der Waals surface area contributed by atoms with E-state index in [1.807, 2.05) is 30.3 Å². The minimum absolute atomic E-state index is 0.00712. The van der Waals surface area contributed by atoms with Gasteiger partial charge in [0.2, 0.25) is 0 Å². The van der Waals surface area contributed by atoms with Gasteiger partial charge in [-0.1, -0.05) is 18.2 Å². The maximum Gasteiger partial charge on any atom is 0.264 e. The molecular weight excluding hydrogens is 406 g/mol. The molecule has 3 nitrogen and oxygen atoms in total. The molecule has 0 aliphatic rings. The number of methoxy groups -OCH3 is 1. The second kappa shape index (κ2) is 6.74. The molecule has 1 heterocycles. The summed E-state index contributed by atoms with van der Waals surface area (Å²) in [6.45, 7) is 0.510. The van der Waals surface area contributed by atoms with Gasteiger partial charge in [0.15, 0.2) is 0 Å². The Morgan fingerprint density at radius 2 is 2.05 bits per heavy atom. The molecule has 0 aliphatic carbocycles. The minimum atomic E-state index is -0.00712. The van der Waals surface area contributed by atoms with E-state index in [9.17, 15) is 4.79 Å². The maximum absolute atomic E-state index is 12.4. The van der Waals surface area contributed by atoms with Crippen molar-refractivity contribution in [3.63, 3.8) is 0 Å². The number of amides is 1. The average Bonchev–Trinajstić information content (AvgIpc) is 2.78. The predicted octanol–water partition coefficient (Wildman–Crippen LogP) is 4.55. The lowest BCUT2D eigenvalue weighted by Gasteiger charge is -2.18. The Hall–Kier alpha value is -0.850. The monoisotopic (exact) mass is 417 g/mol. The van der Waals surface area contributed by atoms with Gasteiger partial charge >= 0.3 is 0 Å². The highest BCUT2D eigenvalue weighted by Crippen LogP contribution is 2.33. The van der Waals surface area contributed by atoms with E-state index < -0.39 is 0 Å². The van der Waals surface area contributed by atoms with Crippen LogP contribution in [-0.2, 0) is 6.54 Å². The van der Waals surface area contributed by atoms with Crippen molar-refractivity contribution in [2.24, 2.45) is 0 Å². The normalized spacial score (nSPS) is 10.4. The third-order valence-corrected chi connectivity index (χ3v) is 6.05. The zero-order chi connectivity index (χ0) is 14.7. The maximum atomic E-state index is 12.4. The van der Waals surface area contributed by atoms with Crippen molar-refractivity contribution in [3.05, 3.63) is 49.0 Å². The molecule has 20 heavy (non-hydrogen) atoms. The molecule has 106 valence electrons. The molecule has 0 saturated heterocycles. The minimum Gasteiger partial charge on any atom is -0.496 e. The molecule has 0 bridgehead atoms. The fraction of sp³-hybridized carbons (Fsp3) is 0.214. The van der Waals surface area contributed by atoms with E-state index in [1.165, 1.54) is 11.3 Å². The molecule has 2 rings (SSSR count). The number of hydrogen-bond acceptors (Lipinski definition) is 3. The molecule has 1 aromatic heterocycles. The number of ether oxygens (including phenoxy) is 1. The summed E-state index contributed by atoms with van der Waals surface area (Å²) >= 11 is 8.22. The van der Waals surface area contributed by atoms with Crippen LogP contribution in [0.2, 0.25) is 0 Å². The number of rotatable bonds is 4. The largest absolute Gasteiger partial charge is 0.496 e. The molecule has 1 amide bonds. The lowest BCUT2D eigenvalue weighted by Crippen LogP contribution is -2.25. The molecular formula is C14H13Br2NO2S. The molecule has 0 aliphatic heterocycles. The highest BCUT2D eigenvalue weighted by molar-refractivity contribution is 9.13. The van der Waals surface area contributed by atoms with Crippen molar-refractivity contribution in [1.82, 2.24) is 4.90 Å². The van der Waals surface area contributed by atoms with E-state index in [0.717, 1.165) is 19.6 Å². The molecule has 0 N–H and O–H groups in total. The van der Waals surface area contributed by atoms with Crippen LogP contribution in [0.5, 0.6) is 5.75 Å². The number of halogens is 2. The van der Waals surface area contributed by atoms with Crippen molar-refractivity contribution in [2.75, 3.05) is 14.2 Å². The van der Waals surface area contributed by atoms with Gasteiger partial charge in [0.1, 0.15) is 5.75 Å². The fourth-order valence-corrected chi connectivity index (χ4v) is 3.83. The smallest absolute Gasteiger partial charge is 0.264 e. The molecule has 2 aromatic rings. The van der Waals surface area contributed by atoms with Crippen molar-refractivity contribution < 1.29 is 9.53 Å². The number of thiophene rings is 1. The Morgan fingerprint density at radius 1 is 1.35 bits per heavy atom. The quantitative estimate of drug-likeness (QED) is 0.728. The van der Waals surface area contributed by atoms with Crippen LogP contribution in [-0.4, -0.2) is 25.0 Å². The number of carbonyl (C=O) groups excluding carboxylic acids is 1. The van der Waals surface area contributed by atoms with Crippen molar-refractivity contribution in [2.45, 2.75) is 6.54 Å². The lowest BCUT2D eigenvalue weighted by atomic mass is 10.2. The number of para-hydroxylation sites is 1. The topological polar surface area (TPSA) is 29.5 Å². The molecule has 0 atom stereocenters. The molecule has 0 spiro atoms. The molecule has 1 aromatic carbocycles. The van der Waals surface area contributed by atoms with Crippen molar-refractivity contribution in [3.8, 4) is 5.75 Å². The Kier molecular flexibility index (Phi) is 5.23. The van der Waals surface area contributed by atoms with E-state index in [-0.39, 0.29) is 5.91 Å². The van der Waals surface area contributed by atoms with Crippen molar-refractivity contribution >= 4 is 49.1 Å². The Labute approximate surface area is 138 Å². The highest BCUT2D eigenvalue weighted by Gasteiger charge is 2.17. The number of hydrogen-bond donors (Lipinski definition) is 0. The predicted molar refractivity (Wildman–Crippen MR) is 88.5 cm³/mol. The molecule has 0 saturated carbocycles. The van der Waals surface area contributed by atoms with Gasteiger partial charge in [-0.15, -0.1) is 11.3 Å². The summed E-state index contributed by atoms with van der Waals surface area (Å²) in [5, 5.41) is 0. The lowest BCUT2D eigenvalue weighted by molar-refractivity contribution is 0.0789. The summed E-state index contributed by atoms with van der Waals surface area (Å²) < 4.78 is 7.13. The summed E-state index contributed by atoms with van der Waals surface area (Å²) in [7, 11) is 3.42. The first-order valence-electron chi connectivity index (χ1n) is 5.85. The Bertz CT molecular complexity index is 608. The SMILES string of the molecule is COc1ccccc1CN(C)C(=O)c1cc(Br)c(Br)s1. The van der Waals surface area contributed by atoms with Crippen LogP contribution in [0.25, 0.3) is 0 Å². The summed E-state index contributed by atoms with van der Waals surface area (Å²) in [5.74, 6) is 0.785. The van der Waals surface area contributed by atoms with Gasteiger partial charge in [0.25, 0.3) is 5.91 Å². The molecule has 0 fully saturated rings. The first-order valence-corrected chi connectivity index (χ1v) is 8.25. The van der Waals surface area contributed by atoms with Gasteiger partial charge in [-0.2, -0.15) is 0 Å². The van der Waals surface area contributed by atoms with Gasteiger partial charge in [-0.25, -0.2) is 0 Å². The van der Waals surface area contributed by atoms with Crippen LogP contribution in [0, 0.1) is 0 Å². The number of nitrogens with zero attached hydrogens (tertiary/aromatic N) is 1. The van der Waals surface area contributed by atoms with E-state index in [2.05, 4.69) is 31.9 Å². The zero-order valence-electron chi connectivity index (χ0n) is 11.0. The van der Waals surface area contributed by atoms with Gasteiger partial charge in [-0.05, 0) is 44.0 Å². The summed E-state index contributed by atoms with van der Waals surface area (Å²) in [6.07, 6.45) is 0. The highest BCUT2D eigenvalue weighted by atomic mass is 79.9. The second-order valence-electron chi connectivity index (χ2n) is 4.21. The van der Waals surface area contributed by atoms with Crippen LogP contribution < -0.4 is 4.74 Å². The van der Waals surface area contributed by atoms with Crippen LogP contribution in [0.1, 0.15) is 15.2 Å². The van der Waals surface area contributed by atoms with E-state index in [1.54, 1.807) is 19.1 Å². The third-order valence-electron chi connectivity index (χ3n) is 2.80. The van der Waals surface area contributed by atoms with E-state index in [4.69, 9.17) is 4.74 Å². The average molecular weight is 419 g/mol. The van der Waals surface area contributed by atoms with Crippen LogP contribution in [0.15, 0.2) is 38.6 Å². The first kappa shape index (κ1) is 15.5. The zero-order valence-corrected chi connectivity index (χ0v) is 15.0. The standard InChI is InChI=1S/C14H13Br2NO2S/c1-17(8-9-5-3-4-6-11(9)19-2)14(18)12-7-10(15)13(16)20-12/h3-7H,8H2,1-2H3. The van der Waals surface area contributed by atoms with Gasteiger partial charge < -0.3 is 9.64 Å². The summed E-state index contributed by atoms with van der Waals surface area (Å²) in [5.41, 5.74) is 0.987. The first-order chi connectivity index (χ1) is 9.52. The van der Waals surface area contributed by atoms with Gasteiger partial charge in [0.05, 0.1) is 15.8 Å². The van der Waals surface area contributed by atoms with E-state index >= 15 is 0 Å². The fourth-order valence-electron chi connectivity index (χ4n) is 1.80. The summed E-state index contributed by atoms with van der Waals surface area (Å²) in [4.78, 5) is 14.7. The van der Waals surface area contributed by atoms with Crippen molar-refractivity contribution in [1.29, 1.82) is 0 Å². The van der Waals surface area contributed by atoms with Crippen LogP contribution in [0.4, 0.5) is 0 Å². The third kappa shape index (κ3) is 3.42. The van der Waals surface area contributed by atoms with Crippen LogP contribution >= 0.6 is 43.2 Å². The molecule has 0 unspecified atom stereocenters. The molecule has 6 heteroatoms. The number of benzene rings is 1. The molecule has 0 radical (unpaired) electrons. The van der Waals surface area contributed by atoms with Gasteiger partial charge in [0, 0.05) is 23.6 Å². The second-order valence-corrected chi connectivity index (χ2v) is 7.43. The number of carbonyl (C=O) groups is 1. The van der Waals surface area contributed by atoms with Crippen LogP contribution in [0.3, 0.4) is 0 Å². The summed E-state index contributed by atoms with van der Waals surface area (Å²) in [6, 6.07) is 9.54. The van der Waals surface area contributed by atoms with E-state index in [0.29, 0.717) is 11.4 Å². The Morgan fingerprint density at radius 3 is 2.65 bits per heavy atom. The Balaban J connectivity index is 2.15. The van der Waals surface area contributed by atoms with Gasteiger partial charge in [-0.3, -0.25) is 4.79 Å².